The quantitative estimate of drug-likeness (QED) is 0.821. The van der Waals surface area contributed by atoms with E-state index in [0.29, 0.717) is 17.2 Å². The van der Waals surface area contributed by atoms with E-state index in [0.717, 1.165) is 0 Å². The number of hydrogen-bond acceptors (Lipinski definition) is 3. The molecule has 0 saturated heterocycles. The van der Waals surface area contributed by atoms with Crippen molar-refractivity contribution in [2.24, 2.45) is 0 Å². The molecule has 4 nitrogen and oxygen atoms in total. The molecule has 0 radical (unpaired) electrons. The minimum absolute atomic E-state index is 0.157. The standard InChI is InChI=1S/C17H16FNO3/c1-3-5-14(18)8-11(2)15-10-19-16(22-15)12-6-4-7-13(9-12)17(20)21/h3-11H,1-2H3,(H,20,21)/b5-3-,14-8+. The van der Waals surface area contributed by atoms with Crippen LogP contribution < -0.4 is 0 Å². The molecule has 22 heavy (non-hydrogen) atoms. The molecule has 1 atom stereocenters. The van der Waals surface area contributed by atoms with Gasteiger partial charge in [-0.1, -0.05) is 19.1 Å². The molecule has 114 valence electrons. The van der Waals surface area contributed by atoms with Crippen LogP contribution in [0.5, 0.6) is 0 Å². The smallest absolute Gasteiger partial charge is 0.335 e. The van der Waals surface area contributed by atoms with E-state index in [4.69, 9.17) is 9.52 Å². The summed E-state index contributed by atoms with van der Waals surface area (Å²) in [5.41, 5.74) is 0.723. The number of aromatic carboxylic acids is 1. The van der Waals surface area contributed by atoms with E-state index in [9.17, 15) is 9.18 Å². The van der Waals surface area contributed by atoms with Crippen LogP contribution in [-0.4, -0.2) is 16.1 Å². The van der Waals surface area contributed by atoms with Crippen molar-refractivity contribution in [3.8, 4) is 11.5 Å². The van der Waals surface area contributed by atoms with Crippen molar-refractivity contribution < 1.29 is 18.7 Å². The van der Waals surface area contributed by atoms with E-state index in [1.54, 1.807) is 32.1 Å². The fourth-order valence-corrected chi connectivity index (χ4v) is 1.95. The highest BCUT2D eigenvalue weighted by Gasteiger charge is 2.13. The van der Waals surface area contributed by atoms with Crippen LogP contribution in [0.2, 0.25) is 0 Å². The summed E-state index contributed by atoms with van der Waals surface area (Å²) in [4.78, 5) is 15.1. The predicted octanol–water partition coefficient (Wildman–Crippen LogP) is 4.57. The predicted molar refractivity (Wildman–Crippen MR) is 81.3 cm³/mol. The molecule has 0 amide bonds. The first kappa shape index (κ1) is 15.7. The fourth-order valence-electron chi connectivity index (χ4n) is 1.95. The number of rotatable bonds is 5. The van der Waals surface area contributed by atoms with Crippen LogP contribution >= 0.6 is 0 Å². The molecule has 0 aliphatic heterocycles. The minimum atomic E-state index is -1.02. The van der Waals surface area contributed by atoms with Crippen LogP contribution in [0.4, 0.5) is 4.39 Å². The van der Waals surface area contributed by atoms with E-state index in [1.165, 1.54) is 30.5 Å². The van der Waals surface area contributed by atoms with Crippen LogP contribution in [-0.2, 0) is 0 Å². The van der Waals surface area contributed by atoms with Gasteiger partial charge in [0.25, 0.3) is 0 Å². The number of nitrogens with zero attached hydrogens (tertiary/aromatic N) is 1. The first-order valence-electron chi connectivity index (χ1n) is 6.80. The normalized spacial score (nSPS) is 13.5. The van der Waals surface area contributed by atoms with Gasteiger partial charge in [-0.25, -0.2) is 14.2 Å². The van der Waals surface area contributed by atoms with Crippen molar-refractivity contribution >= 4 is 5.97 Å². The van der Waals surface area contributed by atoms with Crippen LogP contribution in [0.25, 0.3) is 11.5 Å². The summed E-state index contributed by atoms with van der Waals surface area (Å²) >= 11 is 0. The zero-order valence-electron chi connectivity index (χ0n) is 12.3. The number of carboxylic acid groups (broad SMARTS) is 1. The molecule has 0 aliphatic carbocycles. The van der Waals surface area contributed by atoms with E-state index in [2.05, 4.69) is 4.98 Å². The van der Waals surface area contributed by atoms with Crippen molar-refractivity contribution in [1.29, 1.82) is 0 Å². The number of carbonyl (C=O) groups is 1. The molecule has 0 fully saturated rings. The maximum atomic E-state index is 13.5. The Morgan fingerprint density at radius 1 is 1.45 bits per heavy atom. The van der Waals surface area contributed by atoms with E-state index < -0.39 is 5.97 Å². The molecule has 2 aromatic rings. The Morgan fingerprint density at radius 3 is 2.91 bits per heavy atom. The molecule has 0 spiro atoms. The number of oxazole rings is 1. The number of benzene rings is 1. The molecule has 1 aromatic carbocycles. The van der Waals surface area contributed by atoms with E-state index in [1.807, 2.05) is 0 Å². The Hall–Kier alpha value is -2.69. The molecule has 0 aliphatic rings. The summed E-state index contributed by atoms with van der Waals surface area (Å²) in [6.07, 6.45) is 5.93. The lowest BCUT2D eigenvalue weighted by molar-refractivity contribution is 0.0697. The third-order valence-corrected chi connectivity index (χ3v) is 3.06. The Balaban J connectivity index is 2.26. The fraction of sp³-hybridized carbons (Fsp3) is 0.176. The Morgan fingerprint density at radius 2 is 2.23 bits per heavy atom. The van der Waals surface area contributed by atoms with Crippen LogP contribution in [0.3, 0.4) is 0 Å². The lowest BCUT2D eigenvalue weighted by atomic mass is 10.1. The second kappa shape index (κ2) is 6.85. The molecule has 1 heterocycles. The summed E-state index contributed by atoms with van der Waals surface area (Å²) in [7, 11) is 0. The summed E-state index contributed by atoms with van der Waals surface area (Å²) in [5.74, 6) is -0.820. The molecule has 0 bridgehead atoms. The highest BCUT2D eigenvalue weighted by atomic mass is 19.1. The summed E-state index contributed by atoms with van der Waals surface area (Å²) in [5, 5.41) is 8.99. The van der Waals surface area contributed by atoms with Gasteiger partial charge in [-0.05, 0) is 37.3 Å². The zero-order chi connectivity index (χ0) is 16.1. The van der Waals surface area contributed by atoms with Gasteiger partial charge in [0.1, 0.15) is 11.6 Å². The first-order chi connectivity index (χ1) is 10.5. The van der Waals surface area contributed by atoms with Crippen molar-refractivity contribution in [2.45, 2.75) is 19.8 Å². The molecule has 2 rings (SSSR count). The average Bonchev–Trinajstić information content (AvgIpc) is 2.97. The second-order valence-corrected chi connectivity index (χ2v) is 4.79. The molecule has 5 heteroatoms. The number of allylic oxidation sites excluding steroid dienone is 4. The van der Waals surface area contributed by atoms with Gasteiger partial charge in [-0.3, -0.25) is 0 Å². The van der Waals surface area contributed by atoms with Crippen molar-refractivity contribution in [3.63, 3.8) is 0 Å². The van der Waals surface area contributed by atoms with Gasteiger partial charge in [0, 0.05) is 11.5 Å². The molecular formula is C17H16FNO3. The lowest BCUT2D eigenvalue weighted by Crippen LogP contribution is -1.95. The first-order valence-corrected chi connectivity index (χ1v) is 6.80. The van der Waals surface area contributed by atoms with Crippen LogP contribution in [0, 0.1) is 0 Å². The van der Waals surface area contributed by atoms with Gasteiger partial charge in [0.05, 0.1) is 11.8 Å². The molecule has 0 saturated carbocycles. The maximum Gasteiger partial charge on any atom is 0.335 e. The third kappa shape index (κ3) is 3.69. The summed E-state index contributed by atoms with van der Waals surface area (Å²) in [6.45, 7) is 3.53. The van der Waals surface area contributed by atoms with Gasteiger partial charge in [0.2, 0.25) is 5.89 Å². The minimum Gasteiger partial charge on any atom is -0.478 e. The largest absolute Gasteiger partial charge is 0.478 e. The van der Waals surface area contributed by atoms with Gasteiger partial charge < -0.3 is 9.52 Å². The number of aromatic nitrogens is 1. The summed E-state index contributed by atoms with van der Waals surface area (Å²) < 4.78 is 19.1. The zero-order valence-corrected chi connectivity index (χ0v) is 12.3. The Kier molecular flexibility index (Phi) is 4.88. The molecular weight excluding hydrogens is 285 g/mol. The molecule has 1 unspecified atom stereocenters. The molecule has 1 aromatic heterocycles. The van der Waals surface area contributed by atoms with Gasteiger partial charge >= 0.3 is 5.97 Å². The third-order valence-electron chi connectivity index (χ3n) is 3.06. The highest BCUT2D eigenvalue weighted by molar-refractivity contribution is 5.88. The van der Waals surface area contributed by atoms with Crippen molar-refractivity contribution in [1.82, 2.24) is 4.98 Å². The average molecular weight is 301 g/mol. The van der Waals surface area contributed by atoms with E-state index >= 15 is 0 Å². The van der Waals surface area contributed by atoms with Crippen molar-refractivity contribution in [2.75, 3.05) is 0 Å². The van der Waals surface area contributed by atoms with Gasteiger partial charge in [-0.15, -0.1) is 0 Å². The number of hydrogen-bond donors (Lipinski definition) is 1. The van der Waals surface area contributed by atoms with E-state index in [-0.39, 0.29) is 17.3 Å². The second-order valence-electron chi connectivity index (χ2n) is 4.79. The number of halogens is 1. The lowest BCUT2D eigenvalue weighted by Gasteiger charge is -2.01. The van der Waals surface area contributed by atoms with Gasteiger partial charge in [0.15, 0.2) is 0 Å². The highest BCUT2D eigenvalue weighted by Crippen LogP contribution is 2.26. The Bertz CT molecular complexity index is 731. The van der Waals surface area contributed by atoms with Gasteiger partial charge in [-0.2, -0.15) is 0 Å². The topological polar surface area (TPSA) is 63.3 Å². The SMILES string of the molecule is C/C=C\C(F)=C/C(C)c1cnc(-c2cccc(C(=O)O)c2)o1. The summed E-state index contributed by atoms with van der Waals surface area (Å²) in [6, 6.07) is 6.31. The monoisotopic (exact) mass is 301 g/mol. The number of carboxylic acids is 1. The Labute approximate surface area is 127 Å². The maximum absolute atomic E-state index is 13.5. The van der Waals surface area contributed by atoms with Crippen LogP contribution in [0.15, 0.2) is 58.9 Å². The molecule has 1 N–H and O–H groups in total. The van der Waals surface area contributed by atoms with Crippen LogP contribution in [0.1, 0.15) is 35.9 Å². The van der Waals surface area contributed by atoms with Crippen molar-refractivity contribution in [3.05, 3.63) is 65.8 Å².